The molecule has 26 heavy (non-hydrogen) atoms. The fourth-order valence-electron chi connectivity index (χ4n) is 2.76. The van der Waals surface area contributed by atoms with Crippen LogP contribution >= 0.6 is 11.6 Å². The maximum atomic E-state index is 13.5. The molecule has 0 bridgehead atoms. The van der Waals surface area contributed by atoms with Crippen molar-refractivity contribution < 1.29 is 16.8 Å². The highest BCUT2D eigenvalue weighted by Crippen LogP contribution is 2.33. The second kappa shape index (κ2) is 6.84. The van der Waals surface area contributed by atoms with Gasteiger partial charge >= 0.3 is 0 Å². The van der Waals surface area contributed by atoms with Crippen LogP contribution in [0.2, 0.25) is 5.02 Å². The number of halogens is 1. The van der Waals surface area contributed by atoms with Crippen LogP contribution in [0.3, 0.4) is 0 Å². The van der Waals surface area contributed by atoms with Gasteiger partial charge in [-0.1, -0.05) is 35.4 Å². The zero-order chi connectivity index (χ0) is 23.3. The van der Waals surface area contributed by atoms with E-state index in [9.17, 15) is 14.7 Å². The SMILES string of the molecule is [2H]C([2H])([2H])C([2H])([2H])N(C(=O)c1c(O)c2c(Cl)cccc2n(C)c1=O)c1ccc(C)cc1. The van der Waals surface area contributed by atoms with Crippen molar-refractivity contribution >= 4 is 34.1 Å². The number of aryl methyl sites for hydroxylation is 2. The van der Waals surface area contributed by atoms with Gasteiger partial charge in [0.1, 0.15) is 11.3 Å². The molecule has 1 amide bonds. The maximum Gasteiger partial charge on any atom is 0.267 e. The van der Waals surface area contributed by atoms with Gasteiger partial charge in [0.15, 0.2) is 0 Å². The first-order chi connectivity index (χ1) is 14.3. The van der Waals surface area contributed by atoms with E-state index in [0.29, 0.717) is 4.90 Å². The van der Waals surface area contributed by atoms with Gasteiger partial charge in [-0.15, -0.1) is 0 Å². The summed E-state index contributed by atoms with van der Waals surface area (Å²) in [7, 11) is 1.37. The molecule has 0 atom stereocenters. The molecule has 0 aliphatic heterocycles. The van der Waals surface area contributed by atoms with Crippen molar-refractivity contribution in [3.05, 3.63) is 69.0 Å². The monoisotopic (exact) mass is 375 g/mol. The molecule has 134 valence electrons. The van der Waals surface area contributed by atoms with Crippen molar-refractivity contribution in [3.8, 4) is 5.75 Å². The van der Waals surface area contributed by atoms with Gasteiger partial charge in [0, 0.05) is 26.1 Å². The Balaban J connectivity index is 2.36. The Morgan fingerprint density at radius 1 is 1.31 bits per heavy atom. The number of carbonyl (C=O) groups is 1. The minimum Gasteiger partial charge on any atom is -0.506 e. The molecule has 0 radical (unpaired) electrons. The van der Waals surface area contributed by atoms with Crippen LogP contribution in [0.25, 0.3) is 10.9 Å². The molecule has 2 aromatic carbocycles. The van der Waals surface area contributed by atoms with E-state index in [1.165, 1.54) is 31.3 Å². The van der Waals surface area contributed by atoms with Gasteiger partial charge in [-0.2, -0.15) is 0 Å². The Morgan fingerprint density at radius 3 is 2.65 bits per heavy atom. The molecule has 0 aliphatic carbocycles. The van der Waals surface area contributed by atoms with E-state index >= 15 is 0 Å². The van der Waals surface area contributed by atoms with Crippen molar-refractivity contribution in [1.29, 1.82) is 0 Å². The molecule has 0 aliphatic rings. The van der Waals surface area contributed by atoms with E-state index in [-0.39, 0.29) is 21.6 Å². The zero-order valence-electron chi connectivity index (χ0n) is 19.1. The third-order valence-corrected chi connectivity index (χ3v) is 4.48. The topological polar surface area (TPSA) is 62.5 Å². The average Bonchev–Trinajstić information content (AvgIpc) is 2.67. The molecule has 0 unspecified atom stereocenters. The third-order valence-electron chi connectivity index (χ3n) is 4.17. The highest BCUT2D eigenvalue weighted by Gasteiger charge is 2.26. The number of carbonyl (C=O) groups excluding carboxylic acids is 1. The van der Waals surface area contributed by atoms with Crippen LogP contribution in [0.4, 0.5) is 5.69 Å². The number of anilines is 1. The average molecular weight is 376 g/mol. The fraction of sp³-hybridized carbons (Fsp3) is 0.200. The highest BCUT2D eigenvalue weighted by atomic mass is 35.5. The molecule has 0 saturated carbocycles. The summed E-state index contributed by atoms with van der Waals surface area (Å²) < 4.78 is 40.4. The molecule has 1 aromatic heterocycles. The van der Waals surface area contributed by atoms with Crippen molar-refractivity contribution in [3.63, 3.8) is 0 Å². The summed E-state index contributed by atoms with van der Waals surface area (Å²) in [5.41, 5.74) is -0.737. The standard InChI is InChI=1S/C20H19ClN2O3/c1-4-23(13-10-8-12(2)9-11-13)20(26)17-18(24)16-14(21)6-5-7-15(16)22(3)19(17)25/h5-11,24H,4H2,1-3H3/i1D3,4D2. The predicted molar refractivity (Wildman–Crippen MR) is 104 cm³/mol. The van der Waals surface area contributed by atoms with Crippen LogP contribution in [-0.4, -0.2) is 22.1 Å². The first kappa shape index (κ1) is 12.5. The number of benzene rings is 2. The lowest BCUT2D eigenvalue weighted by Crippen LogP contribution is -2.36. The minimum absolute atomic E-state index is 0.0212. The van der Waals surface area contributed by atoms with Gasteiger partial charge < -0.3 is 14.6 Å². The van der Waals surface area contributed by atoms with Gasteiger partial charge in [0.05, 0.1) is 15.9 Å². The molecule has 0 saturated heterocycles. The van der Waals surface area contributed by atoms with E-state index in [1.54, 1.807) is 25.1 Å². The Kier molecular flexibility index (Phi) is 3.30. The predicted octanol–water partition coefficient (Wildman–Crippen LogP) is 3.87. The number of amides is 1. The molecule has 6 heteroatoms. The van der Waals surface area contributed by atoms with Gasteiger partial charge in [0.25, 0.3) is 11.5 Å². The molecule has 0 spiro atoms. The maximum absolute atomic E-state index is 13.5. The molecule has 0 fully saturated rings. The number of fused-ring (bicyclic) bond motifs is 1. The van der Waals surface area contributed by atoms with Crippen molar-refractivity contribution in [2.75, 3.05) is 11.4 Å². The van der Waals surface area contributed by atoms with E-state index in [4.69, 9.17) is 18.5 Å². The van der Waals surface area contributed by atoms with Crippen molar-refractivity contribution in [1.82, 2.24) is 4.57 Å². The Morgan fingerprint density at radius 2 is 2.00 bits per heavy atom. The summed E-state index contributed by atoms with van der Waals surface area (Å²) in [4.78, 5) is 26.8. The summed E-state index contributed by atoms with van der Waals surface area (Å²) in [5.74, 6) is -2.04. The Labute approximate surface area is 163 Å². The van der Waals surface area contributed by atoms with E-state index < -0.39 is 36.1 Å². The molecule has 3 rings (SSSR count). The molecule has 1 N–H and O–H groups in total. The molecule has 3 aromatic rings. The number of hydrogen-bond acceptors (Lipinski definition) is 3. The number of aromatic hydroxyl groups is 1. The number of nitrogens with zero attached hydrogens (tertiary/aromatic N) is 2. The first-order valence-electron chi connectivity index (χ1n) is 10.2. The van der Waals surface area contributed by atoms with Crippen molar-refractivity contribution in [2.45, 2.75) is 13.8 Å². The van der Waals surface area contributed by atoms with Gasteiger partial charge in [0.2, 0.25) is 0 Å². The normalized spacial score (nSPS) is 14.8. The van der Waals surface area contributed by atoms with Crippen LogP contribution in [0.5, 0.6) is 5.75 Å². The second-order valence-electron chi connectivity index (χ2n) is 5.81. The summed E-state index contributed by atoms with van der Waals surface area (Å²) in [6, 6.07) is 10.4. The van der Waals surface area contributed by atoms with Gasteiger partial charge in [-0.25, -0.2) is 0 Å². The van der Waals surface area contributed by atoms with Gasteiger partial charge in [-0.05, 0) is 38.0 Å². The smallest absolute Gasteiger partial charge is 0.267 e. The van der Waals surface area contributed by atoms with Crippen LogP contribution in [0.1, 0.15) is 29.6 Å². The van der Waals surface area contributed by atoms with Crippen LogP contribution in [0, 0.1) is 6.92 Å². The molecule has 1 heterocycles. The summed E-state index contributed by atoms with van der Waals surface area (Å²) in [5, 5.41) is 10.9. The Bertz CT molecular complexity index is 1240. The molecule has 5 nitrogen and oxygen atoms in total. The summed E-state index contributed by atoms with van der Waals surface area (Å²) >= 11 is 6.18. The van der Waals surface area contributed by atoms with E-state index in [2.05, 4.69) is 0 Å². The molecular weight excluding hydrogens is 352 g/mol. The van der Waals surface area contributed by atoms with Crippen molar-refractivity contribution in [2.24, 2.45) is 7.05 Å². The Hall–Kier alpha value is -2.79. The van der Waals surface area contributed by atoms with Crippen LogP contribution < -0.4 is 10.5 Å². The number of aromatic nitrogens is 1. The first-order valence-corrected chi connectivity index (χ1v) is 8.08. The second-order valence-corrected chi connectivity index (χ2v) is 6.22. The van der Waals surface area contributed by atoms with E-state index in [0.717, 1.165) is 10.1 Å². The zero-order valence-corrected chi connectivity index (χ0v) is 14.8. The summed E-state index contributed by atoms with van der Waals surface area (Å²) in [6.45, 7) is -4.67. The number of rotatable bonds is 3. The van der Waals surface area contributed by atoms with Crippen LogP contribution in [0.15, 0.2) is 47.3 Å². The van der Waals surface area contributed by atoms with Crippen LogP contribution in [-0.2, 0) is 7.05 Å². The molecular formula is C20H19ClN2O3. The highest BCUT2D eigenvalue weighted by molar-refractivity contribution is 6.36. The lowest BCUT2D eigenvalue weighted by atomic mass is 10.1. The fourth-order valence-corrected chi connectivity index (χ4v) is 3.02. The lowest BCUT2D eigenvalue weighted by Gasteiger charge is -2.22. The lowest BCUT2D eigenvalue weighted by molar-refractivity contribution is 0.0984. The number of pyridine rings is 1. The van der Waals surface area contributed by atoms with E-state index in [1.807, 2.05) is 0 Å². The van der Waals surface area contributed by atoms with Gasteiger partial charge in [-0.3, -0.25) is 9.59 Å². The summed E-state index contributed by atoms with van der Waals surface area (Å²) in [6.07, 6.45) is 0. The minimum atomic E-state index is -3.25. The quantitative estimate of drug-likeness (QED) is 0.755. The largest absolute Gasteiger partial charge is 0.506 e. The third kappa shape index (κ3) is 2.84. The number of hydrogen-bond donors (Lipinski definition) is 1.